The third kappa shape index (κ3) is 7.08. The number of hydrogen-bond donors (Lipinski definition) is 2. The molecule has 0 aliphatic rings. The van der Waals surface area contributed by atoms with Gasteiger partial charge in [0.1, 0.15) is 6.26 Å². The average molecular weight is 547 g/mol. The van der Waals surface area contributed by atoms with Crippen molar-refractivity contribution in [2.24, 2.45) is 4.99 Å². The van der Waals surface area contributed by atoms with Crippen molar-refractivity contribution < 1.29 is 9.21 Å². The van der Waals surface area contributed by atoms with Crippen LogP contribution in [0.25, 0.3) is 11.5 Å². The number of aryl methyl sites for hydroxylation is 1. The highest BCUT2D eigenvalue weighted by Crippen LogP contribution is 2.19. The van der Waals surface area contributed by atoms with Crippen molar-refractivity contribution in [3.63, 3.8) is 0 Å². The van der Waals surface area contributed by atoms with Gasteiger partial charge in [-0.15, -0.1) is 24.0 Å². The van der Waals surface area contributed by atoms with E-state index in [1.165, 1.54) is 5.56 Å². The Morgan fingerprint density at radius 1 is 1.12 bits per heavy atom. The lowest BCUT2D eigenvalue weighted by Gasteiger charge is -2.12. The Kier molecular flexibility index (Phi) is 9.70. The van der Waals surface area contributed by atoms with E-state index in [2.05, 4.69) is 20.6 Å². The highest BCUT2D eigenvalue weighted by atomic mass is 127. The van der Waals surface area contributed by atoms with Gasteiger partial charge in [0.15, 0.2) is 5.96 Å². The Hall–Kier alpha value is -2.88. The Morgan fingerprint density at radius 2 is 1.88 bits per heavy atom. The summed E-state index contributed by atoms with van der Waals surface area (Å²) in [5.41, 5.74) is 4.74. The minimum Gasteiger partial charge on any atom is -0.444 e. The summed E-state index contributed by atoms with van der Waals surface area (Å²) in [6.07, 6.45) is 2.43. The molecule has 0 spiro atoms. The molecule has 32 heavy (non-hydrogen) atoms. The summed E-state index contributed by atoms with van der Waals surface area (Å²) >= 11 is 0. The first kappa shape index (κ1) is 25.4. The SMILES string of the molecule is CN=C(NCCc1cccc(C(=O)N(C)C)c1)NCc1coc(-c2ccc(C)cc2)n1.I. The van der Waals surface area contributed by atoms with Crippen molar-refractivity contribution in [1.82, 2.24) is 20.5 Å². The lowest BCUT2D eigenvalue weighted by Crippen LogP contribution is -2.37. The van der Waals surface area contributed by atoms with Gasteiger partial charge in [0.25, 0.3) is 5.91 Å². The summed E-state index contributed by atoms with van der Waals surface area (Å²) in [6, 6.07) is 15.8. The predicted octanol–water partition coefficient (Wildman–Crippen LogP) is 3.88. The summed E-state index contributed by atoms with van der Waals surface area (Å²) in [7, 11) is 5.24. The van der Waals surface area contributed by atoms with Crippen LogP contribution in [0.2, 0.25) is 0 Å². The molecule has 170 valence electrons. The second-order valence-electron chi connectivity index (χ2n) is 7.51. The number of guanidine groups is 1. The molecule has 0 unspecified atom stereocenters. The van der Waals surface area contributed by atoms with Crippen molar-refractivity contribution in [3.05, 3.63) is 77.2 Å². The summed E-state index contributed by atoms with van der Waals surface area (Å²) < 4.78 is 5.60. The highest BCUT2D eigenvalue weighted by Gasteiger charge is 2.09. The summed E-state index contributed by atoms with van der Waals surface area (Å²) in [5, 5.41) is 6.54. The first-order valence-electron chi connectivity index (χ1n) is 10.2. The molecular formula is C24H30IN5O2. The van der Waals surface area contributed by atoms with Gasteiger partial charge in [-0.2, -0.15) is 0 Å². The smallest absolute Gasteiger partial charge is 0.253 e. The van der Waals surface area contributed by atoms with Crippen molar-refractivity contribution in [1.29, 1.82) is 0 Å². The molecule has 1 heterocycles. The van der Waals surface area contributed by atoms with E-state index in [0.717, 1.165) is 23.2 Å². The fourth-order valence-electron chi connectivity index (χ4n) is 3.06. The Bertz CT molecular complexity index is 1040. The van der Waals surface area contributed by atoms with E-state index in [4.69, 9.17) is 4.42 Å². The molecule has 0 atom stereocenters. The molecule has 0 fully saturated rings. The van der Waals surface area contributed by atoms with Gasteiger partial charge in [-0.1, -0.05) is 29.8 Å². The molecule has 7 nitrogen and oxygen atoms in total. The fraction of sp³-hybridized carbons (Fsp3) is 0.292. The monoisotopic (exact) mass is 547 g/mol. The standard InChI is InChI=1S/C24H29N5O2.HI/c1-17-8-10-19(11-9-17)22-28-21(16-31-22)15-27-24(25-2)26-13-12-18-6-5-7-20(14-18)23(30)29(3)4;/h5-11,14,16H,12-13,15H2,1-4H3,(H2,25,26,27);1H. The van der Waals surface area contributed by atoms with Crippen molar-refractivity contribution in [2.75, 3.05) is 27.7 Å². The Morgan fingerprint density at radius 3 is 2.56 bits per heavy atom. The zero-order valence-electron chi connectivity index (χ0n) is 18.9. The number of halogens is 1. The van der Waals surface area contributed by atoms with Crippen LogP contribution in [0.1, 0.15) is 27.2 Å². The van der Waals surface area contributed by atoms with Crippen molar-refractivity contribution in [3.8, 4) is 11.5 Å². The minimum absolute atomic E-state index is 0. The molecule has 1 amide bonds. The van der Waals surface area contributed by atoms with E-state index >= 15 is 0 Å². The van der Waals surface area contributed by atoms with E-state index in [1.807, 2.05) is 55.5 Å². The van der Waals surface area contributed by atoms with Crippen LogP contribution in [-0.2, 0) is 13.0 Å². The summed E-state index contributed by atoms with van der Waals surface area (Å²) in [6.45, 7) is 3.24. The van der Waals surface area contributed by atoms with Crippen LogP contribution in [0.4, 0.5) is 0 Å². The number of rotatable bonds is 7. The topological polar surface area (TPSA) is 82.8 Å². The predicted molar refractivity (Wildman–Crippen MR) is 138 cm³/mol. The maximum absolute atomic E-state index is 12.1. The van der Waals surface area contributed by atoms with Crippen molar-refractivity contribution >= 4 is 35.8 Å². The number of carbonyl (C=O) groups excluding carboxylic acids is 1. The van der Waals surface area contributed by atoms with Crippen LogP contribution in [0.3, 0.4) is 0 Å². The van der Waals surface area contributed by atoms with E-state index in [0.29, 0.717) is 30.5 Å². The van der Waals surface area contributed by atoms with E-state index < -0.39 is 0 Å². The number of nitrogens with zero attached hydrogens (tertiary/aromatic N) is 3. The highest BCUT2D eigenvalue weighted by molar-refractivity contribution is 14.0. The van der Waals surface area contributed by atoms with Gasteiger partial charge in [0.05, 0.1) is 12.2 Å². The van der Waals surface area contributed by atoms with Crippen LogP contribution in [0.15, 0.2) is 64.2 Å². The molecule has 0 aliphatic carbocycles. The second kappa shape index (κ2) is 12.2. The molecule has 2 N–H and O–H groups in total. The second-order valence-corrected chi connectivity index (χ2v) is 7.51. The van der Waals surface area contributed by atoms with E-state index in [1.54, 1.807) is 32.3 Å². The number of oxazole rings is 1. The Balaban J connectivity index is 0.00000363. The number of aliphatic imine (C=N–C) groups is 1. The number of hydrogen-bond acceptors (Lipinski definition) is 4. The largest absolute Gasteiger partial charge is 0.444 e. The third-order valence-corrected chi connectivity index (χ3v) is 4.80. The molecule has 0 saturated heterocycles. The molecule has 2 aromatic carbocycles. The van der Waals surface area contributed by atoms with Gasteiger partial charge in [-0.25, -0.2) is 4.98 Å². The van der Waals surface area contributed by atoms with Gasteiger partial charge >= 0.3 is 0 Å². The molecule has 0 aliphatic heterocycles. The van der Waals surface area contributed by atoms with E-state index in [9.17, 15) is 4.79 Å². The average Bonchev–Trinajstić information content (AvgIpc) is 3.25. The van der Waals surface area contributed by atoms with Gasteiger partial charge in [0.2, 0.25) is 5.89 Å². The lowest BCUT2D eigenvalue weighted by atomic mass is 10.1. The van der Waals surface area contributed by atoms with Crippen LogP contribution in [0.5, 0.6) is 0 Å². The molecule has 0 bridgehead atoms. The quantitative estimate of drug-likeness (QED) is 0.267. The number of carbonyl (C=O) groups is 1. The number of benzene rings is 2. The van der Waals surface area contributed by atoms with E-state index in [-0.39, 0.29) is 29.9 Å². The lowest BCUT2D eigenvalue weighted by molar-refractivity contribution is 0.0827. The number of nitrogens with one attached hydrogen (secondary N) is 2. The zero-order chi connectivity index (χ0) is 22.2. The molecule has 0 saturated carbocycles. The summed E-state index contributed by atoms with van der Waals surface area (Å²) in [5.74, 6) is 1.29. The molecule has 8 heteroatoms. The first-order chi connectivity index (χ1) is 15.0. The molecular weight excluding hydrogens is 517 g/mol. The van der Waals surface area contributed by atoms with Crippen LogP contribution >= 0.6 is 24.0 Å². The number of amides is 1. The van der Waals surface area contributed by atoms with Crippen molar-refractivity contribution in [2.45, 2.75) is 19.9 Å². The number of aromatic nitrogens is 1. The minimum atomic E-state index is 0. The maximum Gasteiger partial charge on any atom is 0.253 e. The molecule has 3 rings (SSSR count). The van der Waals surface area contributed by atoms with Crippen LogP contribution in [0, 0.1) is 6.92 Å². The zero-order valence-corrected chi connectivity index (χ0v) is 21.2. The first-order valence-corrected chi connectivity index (χ1v) is 10.2. The van der Waals surface area contributed by atoms with Gasteiger partial charge in [-0.05, 0) is 43.2 Å². The van der Waals surface area contributed by atoms with Crippen LogP contribution in [-0.4, -0.2) is 49.4 Å². The normalized spacial score (nSPS) is 10.9. The third-order valence-electron chi connectivity index (χ3n) is 4.80. The fourth-order valence-corrected chi connectivity index (χ4v) is 3.06. The van der Waals surface area contributed by atoms with Crippen LogP contribution < -0.4 is 10.6 Å². The molecule has 0 radical (unpaired) electrons. The van der Waals surface area contributed by atoms with Gasteiger partial charge < -0.3 is 20.0 Å². The Labute approximate surface area is 206 Å². The molecule has 3 aromatic rings. The maximum atomic E-state index is 12.1. The van der Waals surface area contributed by atoms with Gasteiger partial charge in [-0.3, -0.25) is 9.79 Å². The van der Waals surface area contributed by atoms with Gasteiger partial charge in [0, 0.05) is 38.8 Å². The molecule has 1 aromatic heterocycles. The summed E-state index contributed by atoms with van der Waals surface area (Å²) in [4.78, 5) is 22.5.